The highest BCUT2D eigenvalue weighted by Crippen LogP contribution is 2.56. The van der Waals surface area contributed by atoms with Gasteiger partial charge in [-0.15, -0.1) is 0 Å². The maximum absolute atomic E-state index is 15.1. The van der Waals surface area contributed by atoms with Crippen LogP contribution >= 0.6 is 46.8 Å². The number of hydrogen-bond donors (Lipinski definition) is 0. The first kappa shape index (κ1) is 25.2. The molecule has 0 aromatic heterocycles. The summed E-state index contributed by atoms with van der Waals surface area (Å²) in [6, 6.07) is 12.6. The monoisotopic (exact) mass is 511 g/mol. The summed E-state index contributed by atoms with van der Waals surface area (Å²) in [5.41, 5.74) is 0.0781. The fourth-order valence-corrected chi connectivity index (χ4v) is 4.73. The summed E-state index contributed by atoms with van der Waals surface area (Å²) in [6.07, 6.45) is 5.14. The Morgan fingerprint density at radius 2 is 1.88 bits per heavy atom. The van der Waals surface area contributed by atoms with Gasteiger partial charge in [-0.1, -0.05) is 60.8 Å². The normalized spacial score (nSPS) is 20.8. The molecule has 0 radical (unpaired) electrons. The number of rotatable bonds is 8. The van der Waals surface area contributed by atoms with E-state index in [1.54, 1.807) is 59.8 Å². The van der Waals surface area contributed by atoms with Crippen LogP contribution in [0, 0.1) is 5.92 Å². The third kappa shape index (κ3) is 6.77. The molecule has 3 rings (SSSR count). The van der Waals surface area contributed by atoms with E-state index in [4.69, 9.17) is 34.8 Å². The van der Waals surface area contributed by atoms with Gasteiger partial charge in [-0.2, -0.15) is 0 Å². The predicted octanol–water partition coefficient (Wildman–Crippen LogP) is 8.54. The van der Waals surface area contributed by atoms with E-state index in [9.17, 15) is 4.79 Å². The second-order valence-electron chi connectivity index (χ2n) is 8.42. The van der Waals surface area contributed by atoms with E-state index in [1.165, 1.54) is 11.9 Å². The van der Waals surface area contributed by atoms with E-state index < -0.39 is 5.67 Å². The van der Waals surface area contributed by atoms with Crippen molar-refractivity contribution in [3.8, 4) is 0 Å². The quantitative estimate of drug-likeness (QED) is 0.201. The first-order valence-corrected chi connectivity index (χ1v) is 12.2. The molecule has 0 aliphatic heterocycles. The number of hydrogen-bond acceptors (Lipinski definition) is 2. The summed E-state index contributed by atoms with van der Waals surface area (Å²) in [6.45, 7) is 6.51. The van der Waals surface area contributed by atoms with Crippen molar-refractivity contribution in [3.05, 3.63) is 86.9 Å². The largest absolute Gasteiger partial charge is 0.278 e. The highest BCUT2D eigenvalue weighted by Gasteiger charge is 2.54. The molecule has 2 aromatic rings. The molecule has 1 unspecified atom stereocenters. The zero-order chi connectivity index (χ0) is 23.5. The van der Waals surface area contributed by atoms with E-state index in [1.807, 2.05) is 12.1 Å². The molecule has 0 saturated heterocycles. The van der Waals surface area contributed by atoms with Gasteiger partial charge >= 0.3 is 0 Å². The van der Waals surface area contributed by atoms with Crippen LogP contribution in [0.15, 0.2) is 71.2 Å². The average Bonchev–Trinajstić information content (AvgIpc) is 3.41. The van der Waals surface area contributed by atoms with Gasteiger partial charge in [0.05, 0.1) is 10.0 Å². The van der Waals surface area contributed by atoms with Crippen molar-refractivity contribution in [2.24, 2.45) is 5.92 Å². The summed E-state index contributed by atoms with van der Waals surface area (Å²) in [5, 5.41) is 1.53. The Morgan fingerprint density at radius 1 is 1.19 bits per heavy atom. The topological polar surface area (TPSA) is 20.3 Å². The van der Waals surface area contributed by atoms with Crippen LogP contribution < -0.4 is 0 Å². The van der Waals surface area contributed by atoms with Gasteiger partial charge in [-0.3, -0.25) is 9.10 Å². The van der Waals surface area contributed by atoms with Gasteiger partial charge in [0, 0.05) is 28.5 Å². The molecule has 0 spiro atoms. The van der Waals surface area contributed by atoms with E-state index in [-0.39, 0.29) is 11.8 Å². The number of alkyl halides is 1. The van der Waals surface area contributed by atoms with Crippen LogP contribution in [-0.4, -0.2) is 22.4 Å². The second-order valence-corrected chi connectivity index (χ2v) is 10.8. The first-order chi connectivity index (χ1) is 15.1. The van der Waals surface area contributed by atoms with Gasteiger partial charge < -0.3 is 0 Å². The molecule has 1 aliphatic rings. The summed E-state index contributed by atoms with van der Waals surface area (Å²) < 4.78 is 16.8. The SMILES string of the molecule is CC(/C=C/[C@]1(F)CC1c1ccc(Cl)c(Cl)c1)=C\C(=O)N(CC(C)C)Sc1ccc(Cl)cc1. The minimum atomic E-state index is -1.44. The number of nitrogens with zero attached hydrogens (tertiary/aromatic N) is 1. The van der Waals surface area contributed by atoms with Gasteiger partial charge in [-0.05, 0) is 84.8 Å². The van der Waals surface area contributed by atoms with E-state index in [0.717, 1.165) is 10.5 Å². The van der Waals surface area contributed by atoms with Gasteiger partial charge in [0.1, 0.15) is 5.67 Å². The first-order valence-electron chi connectivity index (χ1n) is 10.3. The van der Waals surface area contributed by atoms with Crippen molar-refractivity contribution in [2.75, 3.05) is 6.54 Å². The molecule has 0 N–H and O–H groups in total. The lowest BCUT2D eigenvalue weighted by Gasteiger charge is -2.22. The Morgan fingerprint density at radius 3 is 2.50 bits per heavy atom. The lowest BCUT2D eigenvalue weighted by Crippen LogP contribution is -2.26. The van der Waals surface area contributed by atoms with Crippen molar-refractivity contribution in [1.29, 1.82) is 0 Å². The number of allylic oxidation sites excluding steroid dienone is 3. The van der Waals surface area contributed by atoms with Crippen LogP contribution in [0.1, 0.15) is 38.7 Å². The van der Waals surface area contributed by atoms with Crippen LogP contribution in [0.5, 0.6) is 0 Å². The second kappa shape index (κ2) is 10.6. The average molecular weight is 513 g/mol. The molecule has 2 nitrogen and oxygen atoms in total. The lowest BCUT2D eigenvalue weighted by atomic mass is 10.1. The predicted molar refractivity (Wildman–Crippen MR) is 134 cm³/mol. The Kier molecular flexibility index (Phi) is 8.37. The van der Waals surface area contributed by atoms with Crippen molar-refractivity contribution in [1.82, 2.24) is 4.31 Å². The van der Waals surface area contributed by atoms with E-state index in [0.29, 0.717) is 39.5 Å². The number of halogens is 4. The number of carbonyl (C=O) groups is 1. The van der Waals surface area contributed by atoms with Crippen LogP contribution in [0.25, 0.3) is 0 Å². The molecule has 1 amide bonds. The molecule has 1 saturated carbocycles. The molecule has 2 atom stereocenters. The highest BCUT2D eigenvalue weighted by atomic mass is 35.5. The van der Waals surface area contributed by atoms with E-state index >= 15 is 4.39 Å². The number of benzene rings is 2. The zero-order valence-electron chi connectivity index (χ0n) is 18.1. The van der Waals surface area contributed by atoms with Crippen LogP contribution in [0.3, 0.4) is 0 Å². The Hall–Kier alpha value is -1.46. The highest BCUT2D eigenvalue weighted by molar-refractivity contribution is 7.97. The minimum Gasteiger partial charge on any atom is -0.278 e. The van der Waals surface area contributed by atoms with Crippen molar-refractivity contribution >= 4 is 52.7 Å². The Bertz CT molecular complexity index is 1040. The van der Waals surface area contributed by atoms with E-state index in [2.05, 4.69) is 13.8 Å². The molecule has 170 valence electrons. The number of amides is 1. The number of carbonyl (C=O) groups excluding carboxylic acids is 1. The molecule has 0 bridgehead atoms. The van der Waals surface area contributed by atoms with Gasteiger partial charge in [0.2, 0.25) is 0 Å². The smallest absolute Gasteiger partial charge is 0.256 e. The zero-order valence-corrected chi connectivity index (χ0v) is 21.2. The van der Waals surface area contributed by atoms with Crippen LogP contribution in [0.4, 0.5) is 4.39 Å². The molecule has 7 heteroatoms. The third-order valence-electron chi connectivity index (χ3n) is 5.06. The van der Waals surface area contributed by atoms with Crippen molar-refractivity contribution < 1.29 is 9.18 Å². The summed E-state index contributed by atoms with van der Waals surface area (Å²) in [4.78, 5) is 13.8. The van der Waals surface area contributed by atoms with Crippen LogP contribution in [0.2, 0.25) is 15.1 Å². The van der Waals surface area contributed by atoms with Gasteiger partial charge in [-0.25, -0.2) is 4.39 Å². The maximum Gasteiger partial charge on any atom is 0.256 e. The molecule has 0 heterocycles. The molecule has 32 heavy (non-hydrogen) atoms. The van der Waals surface area contributed by atoms with Crippen molar-refractivity contribution in [2.45, 2.75) is 43.7 Å². The summed E-state index contributed by atoms with van der Waals surface area (Å²) >= 11 is 19.3. The summed E-state index contributed by atoms with van der Waals surface area (Å²) in [7, 11) is 0. The fourth-order valence-electron chi connectivity index (χ4n) is 3.27. The molecular weight excluding hydrogens is 488 g/mol. The van der Waals surface area contributed by atoms with Gasteiger partial charge in [0.15, 0.2) is 0 Å². The fraction of sp³-hybridized carbons (Fsp3) is 0.320. The van der Waals surface area contributed by atoms with Crippen molar-refractivity contribution in [3.63, 3.8) is 0 Å². The molecular formula is C25H25Cl3FNOS. The Balaban J connectivity index is 1.67. The molecule has 1 aliphatic carbocycles. The Labute approximate surface area is 208 Å². The molecule has 1 fully saturated rings. The standard InChI is InChI=1S/C25H25Cl3FNOS/c1-16(2)15-30(32-20-7-5-19(26)6-8-20)24(31)12-17(3)10-11-25(29)14-21(25)18-4-9-22(27)23(28)13-18/h4-13,16,21H,14-15H2,1-3H3/b11-10+,17-12+/t21?,25-/m0/s1. The van der Waals surface area contributed by atoms with Crippen LogP contribution in [-0.2, 0) is 4.79 Å². The molecule has 2 aromatic carbocycles. The lowest BCUT2D eigenvalue weighted by molar-refractivity contribution is -0.121. The van der Waals surface area contributed by atoms with Gasteiger partial charge in [0.25, 0.3) is 5.91 Å². The third-order valence-corrected chi connectivity index (χ3v) is 7.09. The minimum absolute atomic E-state index is 0.134. The summed E-state index contributed by atoms with van der Waals surface area (Å²) in [5.74, 6) is -0.0870. The maximum atomic E-state index is 15.1.